The number of carbonyl (C=O) groups excluding carboxylic acids is 1. The lowest BCUT2D eigenvalue weighted by Gasteiger charge is -2.57. The molecule has 0 aromatic carbocycles. The van der Waals surface area contributed by atoms with Gasteiger partial charge in [0.15, 0.2) is 0 Å². The zero-order chi connectivity index (χ0) is 15.5. The van der Waals surface area contributed by atoms with Gasteiger partial charge in [0, 0.05) is 42.3 Å². The topological polar surface area (TPSA) is 38.8 Å². The largest absolute Gasteiger partial charge is 0.377 e. The van der Waals surface area contributed by atoms with E-state index < -0.39 is 0 Å². The molecule has 1 aromatic rings. The van der Waals surface area contributed by atoms with E-state index in [2.05, 4.69) is 13.8 Å². The minimum Gasteiger partial charge on any atom is -0.377 e. The maximum atomic E-state index is 12.9. The van der Waals surface area contributed by atoms with Gasteiger partial charge >= 0.3 is 0 Å². The predicted molar refractivity (Wildman–Crippen MR) is 85.2 cm³/mol. The van der Waals surface area contributed by atoms with Gasteiger partial charge in [0.2, 0.25) is 0 Å². The highest BCUT2D eigenvalue weighted by molar-refractivity contribution is 7.14. The Balaban J connectivity index is 1.56. The molecule has 3 heterocycles. The van der Waals surface area contributed by atoms with Crippen molar-refractivity contribution >= 4 is 17.2 Å². The van der Waals surface area contributed by atoms with E-state index in [9.17, 15) is 4.79 Å². The van der Waals surface area contributed by atoms with E-state index in [4.69, 9.17) is 9.47 Å². The van der Waals surface area contributed by atoms with Crippen LogP contribution in [0.3, 0.4) is 0 Å². The molecule has 3 atom stereocenters. The molecule has 4 rings (SSSR count). The molecule has 0 unspecified atom stereocenters. The number of hydrogen-bond acceptors (Lipinski definition) is 4. The second-order valence-corrected chi connectivity index (χ2v) is 8.42. The van der Waals surface area contributed by atoms with Crippen LogP contribution >= 0.6 is 11.3 Å². The fourth-order valence-corrected chi connectivity index (χ4v) is 5.77. The average Bonchev–Trinajstić information content (AvgIpc) is 3.10. The minimum atomic E-state index is 0.0472. The summed E-state index contributed by atoms with van der Waals surface area (Å²) in [4.78, 5) is 17.1. The first-order valence-corrected chi connectivity index (χ1v) is 8.90. The summed E-state index contributed by atoms with van der Waals surface area (Å²) in [6.07, 6.45) is 2.33. The number of thiophene rings is 1. The van der Waals surface area contributed by atoms with Crippen molar-refractivity contribution in [3.05, 3.63) is 21.4 Å². The summed E-state index contributed by atoms with van der Waals surface area (Å²) in [7, 11) is 1.96. The van der Waals surface area contributed by atoms with Crippen LogP contribution in [0.2, 0.25) is 0 Å². The van der Waals surface area contributed by atoms with Crippen LogP contribution in [-0.2, 0) is 22.5 Å². The van der Waals surface area contributed by atoms with Gasteiger partial charge < -0.3 is 14.4 Å². The van der Waals surface area contributed by atoms with Crippen LogP contribution in [-0.4, -0.2) is 43.2 Å². The molecule has 3 aliphatic rings. The Morgan fingerprint density at radius 3 is 3.00 bits per heavy atom. The maximum Gasteiger partial charge on any atom is 0.263 e. The van der Waals surface area contributed by atoms with E-state index in [0.717, 1.165) is 30.9 Å². The Kier molecular flexibility index (Phi) is 3.36. The fourth-order valence-electron chi connectivity index (χ4n) is 4.64. The third-order valence-corrected chi connectivity index (χ3v) is 6.84. The van der Waals surface area contributed by atoms with Crippen molar-refractivity contribution in [2.45, 2.75) is 45.4 Å². The van der Waals surface area contributed by atoms with Crippen LogP contribution in [0.4, 0.5) is 0 Å². The maximum absolute atomic E-state index is 12.9. The number of rotatable bonds is 2. The molecule has 0 radical (unpaired) electrons. The van der Waals surface area contributed by atoms with E-state index in [1.54, 1.807) is 11.3 Å². The summed E-state index contributed by atoms with van der Waals surface area (Å²) in [5.74, 6) is 0.657. The van der Waals surface area contributed by atoms with Crippen molar-refractivity contribution in [3.63, 3.8) is 0 Å². The Labute approximate surface area is 135 Å². The van der Waals surface area contributed by atoms with Crippen molar-refractivity contribution in [1.29, 1.82) is 0 Å². The summed E-state index contributed by atoms with van der Waals surface area (Å²) < 4.78 is 11.3. The quantitative estimate of drug-likeness (QED) is 0.841. The summed E-state index contributed by atoms with van der Waals surface area (Å²) >= 11 is 1.65. The van der Waals surface area contributed by atoms with E-state index in [-0.39, 0.29) is 17.4 Å². The molecule has 0 N–H and O–H groups in total. The van der Waals surface area contributed by atoms with Crippen LogP contribution in [0.25, 0.3) is 0 Å². The second kappa shape index (κ2) is 5.05. The lowest BCUT2D eigenvalue weighted by atomic mass is 9.57. The fraction of sp³-hybridized carbons (Fsp3) is 0.706. The minimum absolute atomic E-state index is 0.0472. The van der Waals surface area contributed by atoms with Crippen molar-refractivity contribution in [1.82, 2.24) is 4.90 Å². The van der Waals surface area contributed by atoms with Crippen molar-refractivity contribution in [2.75, 3.05) is 20.3 Å². The number of nitrogens with zero attached hydrogens (tertiary/aromatic N) is 1. The molecular weight excluding hydrogens is 298 g/mol. The Morgan fingerprint density at radius 2 is 2.23 bits per heavy atom. The highest BCUT2D eigenvalue weighted by atomic mass is 32.1. The second-order valence-electron chi connectivity index (χ2n) is 7.29. The van der Waals surface area contributed by atoms with Gasteiger partial charge in [-0.1, -0.05) is 13.8 Å². The first-order valence-electron chi connectivity index (χ1n) is 8.08. The van der Waals surface area contributed by atoms with E-state index >= 15 is 0 Å². The molecule has 4 nitrogen and oxygen atoms in total. The van der Waals surface area contributed by atoms with Gasteiger partial charge in [-0.15, -0.1) is 11.3 Å². The number of hydrogen-bond donors (Lipinski definition) is 0. The Bertz CT molecular complexity index is 586. The third kappa shape index (κ3) is 1.99. The Hall–Kier alpha value is -0.910. The van der Waals surface area contributed by atoms with Crippen LogP contribution in [0.5, 0.6) is 0 Å². The SMILES string of the molecule is CN(C(=O)c1cc2c(s1)CCOC2)[C@@H]1[C@H]2CCO[C@H]2C1(C)C. The number of ether oxygens (including phenoxy) is 2. The van der Waals surface area contributed by atoms with Crippen LogP contribution in [0, 0.1) is 11.3 Å². The summed E-state index contributed by atoms with van der Waals surface area (Å²) in [6, 6.07) is 2.31. The number of fused-ring (bicyclic) bond motifs is 2. The van der Waals surface area contributed by atoms with Crippen LogP contribution < -0.4 is 0 Å². The molecular formula is C17H23NO3S. The highest BCUT2D eigenvalue weighted by Gasteiger charge is 2.61. The van der Waals surface area contributed by atoms with Crippen LogP contribution in [0.1, 0.15) is 40.4 Å². The van der Waals surface area contributed by atoms with Gasteiger partial charge in [-0.2, -0.15) is 0 Å². The predicted octanol–water partition coefficient (Wildman–Crippen LogP) is 2.71. The summed E-state index contributed by atoms with van der Waals surface area (Å²) in [6.45, 7) is 6.70. The summed E-state index contributed by atoms with van der Waals surface area (Å²) in [5.41, 5.74) is 1.24. The average molecular weight is 321 g/mol. The summed E-state index contributed by atoms with van der Waals surface area (Å²) in [5, 5.41) is 0. The first-order chi connectivity index (χ1) is 10.5. The van der Waals surface area contributed by atoms with Gasteiger partial charge in [-0.05, 0) is 18.1 Å². The molecule has 1 aromatic heterocycles. The van der Waals surface area contributed by atoms with Gasteiger partial charge in [0.1, 0.15) is 0 Å². The van der Waals surface area contributed by atoms with Gasteiger partial charge in [-0.3, -0.25) is 4.79 Å². The molecule has 2 aliphatic heterocycles. The van der Waals surface area contributed by atoms with Gasteiger partial charge in [0.25, 0.3) is 5.91 Å². The molecule has 0 bridgehead atoms. The molecule has 1 saturated heterocycles. The normalized spacial score (nSPS) is 32.0. The monoisotopic (exact) mass is 321 g/mol. The molecule has 1 amide bonds. The third-order valence-electron chi connectivity index (χ3n) is 5.61. The van der Waals surface area contributed by atoms with Crippen molar-refractivity contribution in [3.8, 4) is 0 Å². The molecule has 5 heteroatoms. The van der Waals surface area contributed by atoms with Crippen LogP contribution in [0.15, 0.2) is 6.07 Å². The molecule has 2 fully saturated rings. The van der Waals surface area contributed by atoms with Gasteiger partial charge in [-0.25, -0.2) is 0 Å². The van der Waals surface area contributed by atoms with Gasteiger partial charge in [0.05, 0.1) is 24.2 Å². The lowest BCUT2D eigenvalue weighted by Crippen LogP contribution is -2.66. The van der Waals surface area contributed by atoms with Crippen molar-refractivity contribution < 1.29 is 14.3 Å². The molecule has 1 aliphatic carbocycles. The number of amides is 1. The molecule has 120 valence electrons. The van der Waals surface area contributed by atoms with E-state index in [0.29, 0.717) is 18.6 Å². The zero-order valence-electron chi connectivity index (χ0n) is 13.4. The smallest absolute Gasteiger partial charge is 0.263 e. The number of carbonyl (C=O) groups is 1. The molecule has 22 heavy (non-hydrogen) atoms. The zero-order valence-corrected chi connectivity index (χ0v) is 14.2. The van der Waals surface area contributed by atoms with Crippen molar-refractivity contribution in [2.24, 2.45) is 11.3 Å². The standard InChI is InChI=1S/C17H23NO3S/c1-17(2)14(11-4-7-21-15(11)17)18(3)16(19)13-8-10-9-20-6-5-12(10)22-13/h8,11,14-15H,4-7,9H2,1-3H3/t11-,14-,15-/m1/s1. The van der Waals surface area contributed by atoms with E-state index in [1.807, 2.05) is 18.0 Å². The van der Waals surface area contributed by atoms with E-state index in [1.165, 1.54) is 10.4 Å². The molecule has 0 spiro atoms. The molecule has 1 saturated carbocycles. The first kappa shape index (κ1) is 14.7. The Morgan fingerprint density at radius 1 is 1.41 bits per heavy atom. The lowest BCUT2D eigenvalue weighted by molar-refractivity contribution is -0.139. The highest BCUT2D eigenvalue weighted by Crippen LogP contribution is 2.54.